The van der Waals surface area contributed by atoms with Gasteiger partial charge in [0, 0.05) is 24.9 Å². The van der Waals surface area contributed by atoms with Crippen LogP contribution in [-0.4, -0.2) is 40.9 Å². The highest BCUT2D eigenvalue weighted by molar-refractivity contribution is 5.70. The molecule has 2 aliphatic heterocycles. The lowest BCUT2D eigenvalue weighted by Crippen LogP contribution is -2.53. The van der Waals surface area contributed by atoms with Gasteiger partial charge in [0.05, 0.1) is 12.7 Å². The smallest absolute Gasteiger partial charge is 0.410 e. The maximum atomic E-state index is 12.6. The number of aryl methyl sites for hydroxylation is 2. The number of ether oxygens (including phenoxy) is 2. The number of rotatable bonds is 2. The lowest BCUT2D eigenvalue weighted by atomic mass is 9.77. The zero-order valence-corrected chi connectivity index (χ0v) is 16.8. The molecule has 2 fully saturated rings. The van der Waals surface area contributed by atoms with Gasteiger partial charge < -0.3 is 19.5 Å². The van der Waals surface area contributed by atoms with E-state index in [2.05, 4.69) is 0 Å². The van der Waals surface area contributed by atoms with Gasteiger partial charge in [-0.3, -0.25) is 0 Å². The Morgan fingerprint density at radius 3 is 2.08 bits per heavy atom. The molecule has 1 amide bonds. The summed E-state index contributed by atoms with van der Waals surface area (Å²) in [6.07, 6.45) is 2.68. The number of hydrogen-bond acceptors (Lipinski definition) is 4. The summed E-state index contributed by atoms with van der Waals surface area (Å²) in [4.78, 5) is 14.5. The summed E-state index contributed by atoms with van der Waals surface area (Å²) in [7, 11) is 1.65. The third-order valence-electron chi connectivity index (χ3n) is 5.58. The van der Waals surface area contributed by atoms with E-state index in [1.165, 1.54) is 0 Å². The Balaban J connectivity index is 1.87. The highest BCUT2D eigenvalue weighted by Crippen LogP contribution is 2.48. The van der Waals surface area contributed by atoms with Crippen LogP contribution >= 0.6 is 0 Å². The van der Waals surface area contributed by atoms with E-state index in [9.17, 15) is 9.90 Å². The third kappa shape index (κ3) is 3.41. The first-order valence-electron chi connectivity index (χ1n) is 9.43. The molecule has 144 valence electrons. The van der Waals surface area contributed by atoms with Gasteiger partial charge in [0.1, 0.15) is 11.4 Å². The van der Waals surface area contributed by atoms with Gasteiger partial charge in [-0.25, -0.2) is 4.79 Å². The van der Waals surface area contributed by atoms with Crippen molar-refractivity contribution in [2.45, 2.75) is 83.6 Å². The van der Waals surface area contributed by atoms with Gasteiger partial charge in [0.25, 0.3) is 0 Å². The molecule has 2 atom stereocenters. The number of methoxy groups -OCH3 is 1. The number of carbonyl (C=O) groups excluding carboxylic acids is 1. The molecule has 2 saturated heterocycles. The summed E-state index contributed by atoms with van der Waals surface area (Å²) in [5.41, 5.74) is 1.64. The van der Waals surface area contributed by atoms with E-state index in [1.54, 1.807) is 7.11 Å². The van der Waals surface area contributed by atoms with Crippen LogP contribution in [0.1, 0.15) is 63.1 Å². The molecule has 0 saturated carbocycles. The lowest BCUT2D eigenvalue weighted by molar-refractivity contribution is -0.0630. The Labute approximate surface area is 156 Å². The van der Waals surface area contributed by atoms with Crippen LogP contribution in [0, 0.1) is 13.8 Å². The van der Waals surface area contributed by atoms with Crippen LogP contribution in [0.3, 0.4) is 0 Å². The molecule has 5 nitrogen and oxygen atoms in total. The second-order valence-corrected chi connectivity index (χ2v) is 8.85. The molecule has 2 aliphatic rings. The van der Waals surface area contributed by atoms with Gasteiger partial charge in [0.15, 0.2) is 0 Å². The van der Waals surface area contributed by atoms with Crippen molar-refractivity contribution >= 4 is 6.09 Å². The number of nitrogens with zero attached hydrogens (tertiary/aromatic N) is 1. The van der Waals surface area contributed by atoms with Crippen molar-refractivity contribution in [3.8, 4) is 5.75 Å². The second kappa shape index (κ2) is 6.45. The number of carbonyl (C=O) groups is 1. The van der Waals surface area contributed by atoms with Gasteiger partial charge in [-0.05, 0) is 76.3 Å². The summed E-state index contributed by atoms with van der Waals surface area (Å²) in [6, 6.07) is 3.99. The standard InChI is InChI=1S/C21H31NO4/c1-13-9-17(25-6)10-14(2)18(13)21(24)11-15-7-8-16(12-21)22(15)19(23)26-20(3,4)5/h9-10,15-16,24H,7-8,11-12H2,1-6H3. The van der Waals surface area contributed by atoms with Gasteiger partial charge in [-0.15, -0.1) is 0 Å². The largest absolute Gasteiger partial charge is 0.497 e. The Morgan fingerprint density at radius 2 is 1.65 bits per heavy atom. The van der Waals surface area contributed by atoms with Crippen LogP contribution in [0.25, 0.3) is 0 Å². The number of fused-ring (bicyclic) bond motifs is 2. The predicted molar refractivity (Wildman–Crippen MR) is 100 cm³/mol. The molecule has 0 aromatic heterocycles. The molecule has 1 aromatic rings. The molecule has 2 unspecified atom stereocenters. The van der Waals surface area contributed by atoms with E-state index in [-0.39, 0.29) is 18.2 Å². The molecular weight excluding hydrogens is 330 g/mol. The third-order valence-corrected chi connectivity index (χ3v) is 5.58. The van der Waals surface area contributed by atoms with Crippen molar-refractivity contribution in [2.75, 3.05) is 7.11 Å². The molecule has 0 aliphatic carbocycles. The van der Waals surface area contributed by atoms with Crippen LogP contribution in [0.4, 0.5) is 4.79 Å². The van der Waals surface area contributed by atoms with Crippen molar-refractivity contribution in [1.29, 1.82) is 0 Å². The van der Waals surface area contributed by atoms with E-state index in [4.69, 9.17) is 9.47 Å². The first-order valence-corrected chi connectivity index (χ1v) is 9.43. The van der Waals surface area contributed by atoms with Crippen LogP contribution in [0.15, 0.2) is 12.1 Å². The number of benzene rings is 1. The summed E-state index contributed by atoms with van der Waals surface area (Å²) in [5.74, 6) is 0.807. The first-order chi connectivity index (χ1) is 12.0. The van der Waals surface area contributed by atoms with Gasteiger partial charge in [-0.1, -0.05) is 0 Å². The van der Waals surface area contributed by atoms with Gasteiger partial charge in [-0.2, -0.15) is 0 Å². The van der Waals surface area contributed by atoms with Crippen LogP contribution in [0.2, 0.25) is 0 Å². The van der Waals surface area contributed by atoms with E-state index in [0.717, 1.165) is 35.3 Å². The number of piperidine rings is 1. The zero-order chi connectivity index (χ0) is 19.3. The summed E-state index contributed by atoms with van der Waals surface area (Å²) in [6.45, 7) is 9.70. The maximum Gasteiger partial charge on any atom is 0.410 e. The second-order valence-electron chi connectivity index (χ2n) is 8.85. The average molecular weight is 361 g/mol. The van der Waals surface area contributed by atoms with Gasteiger partial charge >= 0.3 is 6.09 Å². The van der Waals surface area contributed by atoms with E-state index < -0.39 is 11.2 Å². The Kier molecular flexibility index (Phi) is 4.72. The highest BCUT2D eigenvalue weighted by Gasteiger charge is 2.51. The van der Waals surface area contributed by atoms with Gasteiger partial charge in [0.2, 0.25) is 0 Å². The van der Waals surface area contributed by atoms with E-state index >= 15 is 0 Å². The summed E-state index contributed by atoms with van der Waals surface area (Å²) >= 11 is 0. The number of hydrogen-bond donors (Lipinski definition) is 1. The minimum atomic E-state index is -0.912. The topological polar surface area (TPSA) is 59.0 Å². The molecule has 0 radical (unpaired) electrons. The minimum absolute atomic E-state index is 0.0227. The first kappa shape index (κ1) is 19.0. The fourth-order valence-corrected chi connectivity index (χ4v) is 4.82. The van der Waals surface area contributed by atoms with E-state index in [1.807, 2.05) is 51.7 Å². The molecule has 1 aromatic carbocycles. The van der Waals surface area contributed by atoms with Crippen molar-refractivity contribution in [1.82, 2.24) is 4.90 Å². The molecule has 0 spiro atoms. The lowest BCUT2D eigenvalue weighted by Gasteiger charge is -2.45. The number of aliphatic hydroxyl groups is 1. The molecular formula is C21H31NO4. The quantitative estimate of drug-likeness (QED) is 0.863. The fraction of sp³-hybridized carbons (Fsp3) is 0.667. The molecule has 1 N–H and O–H groups in total. The number of amides is 1. The summed E-state index contributed by atoms with van der Waals surface area (Å²) in [5, 5.41) is 11.6. The highest BCUT2D eigenvalue weighted by atomic mass is 16.6. The molecule has 2 bridgehead atoms. The van der Waals surface area contributed by atoms with Crippen molar-refractivity contribution < 1.29 is 19.4 Å². The molecule has 3 rings (SSSR count). The van der Waals surface area contributed by atoms with Crippen LogP contribution in [0.5, 0.6) is 5.75 Å². The zero-order valence-electron chi connectivity index (χ0n) is 16.8. The Bertz CT molecular complexity index is 669. The Hall–Kier alpha value is -1.75. The SMILES string of the molecule is COc1cc(C)c(C2(O)CC3CCC(C2)N3C(=O)OC(C)(C)C)c(C)c1. The van der Waals surface area contributed by atoms with Crippen molar-refractivity contribution in [3.05, 3.63) is 28.8 Å². The average Bonchev–Trinajstić information content (AvgIpc) is 2.77. The van der Waals surface area contributed by atoms with Crippen molar-refractivity contribution in [3.63, 3.8) is 0 Å². The maximum absolute atomic E-state index is 12.6. The Morgan fingerprint density at radius 1 is 1.15 bits per heavy atom. The minimum Gasteiger partial charge on any atom is -0.497 e. The van der Waals surface area contributed by atoms with Crippen LogP contribution < -0.4 is 4.74 Å². The monoisotopic (exact) mass is 361 g/mol. The molecule has 2 heterocycles. The normalized spacial score (nSPS) is 28.2. The summed E-state index contributed by atoms with van der Waals surface area (Å²) < 4.78 is 10.9. The van der Waals surface area contributed by atoms with E-state index in [0.29, 0.717) is 12.8 Å². The predicted octanol–water partition coefficient (Wildman–Crippen LogP) is 4.06. The van der Waals surface area contributed by atoms with Crippen molar-refractivity contribution in [2.24, 2.45) is 0 Å². The van der Waals surface area contributed by atoms with Crippen LogP contribution in [-0.2, 0) is 10.3 Å². The molecule has 5 heteroatoms. The fourth-order valence-electron chi connectivity index (χ4n) is 4.82. The molecule has 26 heavy (non-hydrogen) atoms.